The Labute approximate surface area is 194 Å². The minimum Gasteiger partial charge on any atom is -0.338 e. The minimum absolute atomic E-state index is 0.0486. The maximum atomic E-state index is 12.9. The van der Waals surface area contributed by atoms with Crippen molar-refractivity contribution in [2.75, 3.05) is 24.5 Å². The molecule has 3 heterocycles. The van der Waals surface area contributed by atoms with Crippen LogP contribution in [0, 0.1) is 6.92 Å². The first-order valence-electron chi connectivity index (χ1n) is 11.7. The number of carbonyl (C=O) groups is 2. The molecule has 2 aromatic carbocycles. The number of hydrogen-bond acceptors (Lipinski definition) is 4. The average Bonchev–Trinajstić information content (AvgIpc) is 3.34. The monoisotopic (exact) mass is 440 g/mol. The Bertz CT molecular complexity index is 1160. The van der Waals surface area contributed by atoms with Gasteiger partial charge in [-0.05, 0) is 43.9 Å². The van der Waals surface area contributed by atoms with E-state index in [1.807, 2.05) is 65.3 Å². The van der Waals surface area contributed by atoms with Gasteiger partial charge in [-0.15, -0.1) is 0 Å². The van der Waals surface area contributed by atoms with Gasteiger partial charge in [-0.1, -0.05) is 48.5 Å². The van der Waals surface area contributed by atoms with Crippen molar-refractivity contribution in [2.45, 2.75) is 38.5 Å². The molecule has 2 aliphatic rings. The van der Waals surface area contributed by atoms with Crippen molar-refractivity contribution in [3.63, 3.8) is 0 Å². The van der Waals surface area contributed by atoms with E-state index in [0.717, 1.165) is 35.7 Å². The van der Waals surface area contributed by atoms with E-state index < -0.39 is 0 Å². The predicted molar refractivity (Wildman–Crippen MR) is 127 cm³/mol. The highest BCUT2D eigenvalue weighted by molar-refractivity contribution is 5.95. The lowest BCUT2D eigenvalue weighted by Gasteiger charge is -2.30. The first kappa shape index (κ1) is 21.3. The molecule has 0 radical (unpaired) electrons. The second kappa shape index (κ2) is 9.14. The number of aromatic nitrogens is 2. The molecule has 2 aliphatic heterocycles. The van der Waals surface area contributed by atoms with Crippen LogP contribution in [0.4, 0.5) is 5.82 Å². The highest BCUT2D eigenvalue weighted by Crippen LogP contribution is 2.32. The van der Waals surface area contributed by atoms with Gasteiger partial charge in [0.25, 0.3) is 5.91 Å². The average molecular weight is 441 g/mol. The Kier molecular flexibility index (Phi) is 5.90. The maximum Gasteiger partial charge on any atom is 0.253 e. The summed E-state index contributed by atoms with van der Waals surface area (Å²) in [6.45, 7) is 3.91. The van der Waals surface area contributed by atoms with Crippen molar-refractivity contribution in [1.82, 2.24) is 14.9 Å². The first-order valence-corrected chi connectivity index (χ1v) is 11.7. The summed E-state index contributed by atoms with van der Waals surface area (Å²) in [7, 11) is 0. The van der Waals surface area contributed by atoms with Gasteiger partial charge in [0.05, 0.1) is 0 Å². The summed E-state index contributed by atoms with van der Waals surface area (Å²) < 4.78 is 0. The van der Waals surface area contributed by atoms with Gasteiger partial charge in [-0.3, -0.25) is 14.5 Å². The Morgan fingerprint density at radius 3 is 2.48 bits per heavy atom. The Hall–Kier alpha value is -3.54. The third kappa shape index (κ3) is 4.38. The van der Waals surface area contributed by atoms with E-state index in [9.17, 15) is 9.59 Å². The molecule has 1 atom stereocenters. The van der Waals surface area contributed by atoms with Crippen LogP contribution in [0.3, 0.4) is 0 Å². The molecular weight excluding hydrogens is 412 g/mol. The number of hydrogen-bond donors (Lipinski definition) is 0. The van der Waals surface area contributed by atoms with Crippen molar-refractivity contribution in [1.29, 1.82) is 0 Å². The lowest BCUT2D eigenvalue weighted by Crippen LogP contribution is -2.38. The topological polar surface area (TPSA) is 66.4 Å². The van der Waals surface area contributed by atoms with Gasteiger partial charge in [0, 0.05) is 48.8 Å². The van der Waals surface area contributed by atoms with Crippen LogP contribution in [0.2, 0.25) is 0 Å². The molecule has 168 valence electrons. The van der Waals surface area contributed by atoms with Crippen molar-refractivity contribution in [3.05, 3.63) is 88.9 Å². The Morgan fingerprint density at radius 2 is 1.73 bits per heavy atom. The summed E-state index contributed by atoms with van der Waals surface area (Å²) in [6, 6.07) is 19.6. The zero-order chi connectivity index (χ0) is 22.8. The number of nitrogens with zero attached hydrogens (tertiary/aromatic N) is 4. The number of likely N-dealkylation sites (tertiary alicyclic amines) is 1. The van der Waals surface area contributed by atoms with Crippen LogP contribution in [-0.4, -0.2) is 46.3 Å². The number of amides is 2. The van der Waals surface area contributed by atoms with Crippen LogP contribution in [0.15, 0.2) is 60.7 Å². The second-order valence-corrected chi connectivity index (χ2v) is 8.85. The van der Waals surface area contributed by atoms with Gasteiger partial charge in [-0.2, -0.15) is 0 Å². The van der Waals surface area contributed by atoms with Crippen molar-refractivity contribution in [3.8, 4) is 0 Å². The van der Waals surface area contributed by atoms with Crippen molar-refractivity contribution in [2.24, 2.45) is 0 Å². The van der Waals surface area contributed by atoms with E-state index in [2.05, 4.69) is 12.1 Å². The summed E-state index contributed by atoms with van der Waals surface area (Å²) >= 11 is 0. The van der Waals surface area contributed by atoms with Crippen LogP contribution >= 0.6 is 0 Å². The molecule has 1 aromatic heterocycles. The fraction of sp³-hybridized carbons (Fsp3) is 0.333. The summed E-state index contributed by atoms with van der Waals surface area (Å²) in [4.78, 5) is 39.2. The molecule has 0 aliphatic carbocycles. The molecule has 33 heavy (non-hydrogen) atoms. The molecule has 3 aromatic rings. The molecule has 0 saturated carbocycles. The minimum atomic E-state index is 0.0486. The largest absolute Gasteiger partial charge is 0.338 e. The van der Waals surface area contributed by atoms with Gasteiger partial charge in [0.1, 0.15) is 11.6 Å². The highest BCUT2D eigenvalue weighted by atomic mass is 16.2. The fourth-order valence-electron chi connectivity index (χ4n) is 4.82. The number of carbonyl (C=O) groups excluding carboxylic acids is 2. The van der Waals surface area contributed by atoms with Gasteiger partial charge in [-0.25, -0.2) is 9.97 Å². The Morgan fingerprint density at radius 1 is 1.00 bits per heavy atom. The van der Waals surface area contributed by atoms with Crippen LogP contribution in [0.25, 0.3) is 0 Å². The lowest BCUT2D eigenvalue weighted by molar-refractivity contribution is -0.118. The lowest BCUT2D eigenvalue weighted by atomic mass is 10.0. The van der Waals surface area contributed by atoms with Crippen LogP contribution < -0.4 is 4.90 Å². The Balaban J connectivity index is 1.37. The highest BCUT2D eigenvalue weighted by Gasteiger charge is 2.33. The zero-order valence-electron chi connectivity index (χ0n) is 18.9. The van der Waals surface area contributed by atoms with Crippen LogP contribution in [-0.2, 0) is 17.6 Å². The molecule has 0 bridgehead atoms. The summed E-state index contributed by atoms with van der Waals surface area (Å²) in [5.74, 6) is 1.75. The molecule has 0 spiro atoms. The number of aryl methyl sites for hydroxylation is 1. The quantitative estimate of drug-likeness (QED) is 0.603. The van der Waals surface area contributed by atoms with Crippen molar-refractivity contribution >= 4 is 17.6 Å². The molecule has 5 rings (SSSR count). The summed E-state index contributed by atoms with van der Waals surface area (Å²) in [5, 5.41) is 0. The second-order valence-electron chi connectivity index (χ2n) is 8.85. The normalized spacial score (nSPS) is 17.8. The number of fused-ring (bicyclic) bond motifs is 1. The first-order chi connectivity index (χ1) is 16.1. The molecule has 1 fully saturated rings. The third-order valence-electron chi connectivity index (χ3n) is 6.68. The van der Waals surface area contributed by atoms with Crippen LogP contribution in [0.1, 0.15) is 51.8 Å². The predicted octanol–water partition coefficient (Wildman–Crippen LogP) is 3.94. The van der Waals surface area contributed by atoms with Gasteiger partial charge in [0.15, 0.2) is 0 Å². The molecule has 6 heteroatoms. The smallest absolute Gasteiger partial charge is 0.253 e. The van der Waals surface area contributed by atoms with E-state index in [1.54, 1.807) is 0 Å². The van der Waals surface area contributed by atoms with E-state index in [0.29, 0.717) is 38.0 Å². The SMILES string of the molecule is Cc1nc([C@H]2CCN(C(=O)c3ccccc3)C2)nc2c1CCC(=O)N2CCc1ccccc1. The van der Waals surface area contributed by atoms with Crippen molar-refractivity contribution < 1.29 is 9.59 Å². The van der Waals surface area contributed by atoms with E-state index in [4.69, 9.17) is 9.97 Å². The van der Waals surface area contributed by atoms with Gasteiger partial charge in [0.2, 0.25) is 5.91 Å². The number of benzene rings is 2. The molecule has 1 saturated heterocycles. The van der Waals surface area contributed by atoms with Crippen LogP contribution in [0.5, 0.6) is 0 Å². The van der Waals surface area contributed by atoms with Gasteiger partial charge < -0.3 is 4.90 Å². The summed E-state index contributed by atoms with van der Waals surface area (Å²) in [6.07, 6.45) is 2.79. The van der Waals surface area contributed by atoms with E-state index >= 15 is 0 Å². The fourth-order valence-corrected chi connectivity index (χ4v) is 4.82. The zero-order valence-corrected chi connectivity index (χ0v) is 18.9. The number of rotatable bonds is 5. The maximum absolute atomic E-state index is 12.9. The summed E-state index contributed by atoms with van der Waals surface area (Å²) in [5.41, 5.74) is 3.93. The third-order valence-corrected chi connectivity index (χ3v) is 6.68. The van der Waals surface area contributed by atoms with Gasteiger partial charge >= 0.3 is 0 Å². The number of anilines is 1. The van der Waals surface area contributed by atoms with E-state index in [-0.39, 0.29) is 17.7 Å². The molecule has 6 nitrogen and oxygen atoms in total. The van der Waals surface area contributed by atoms with E-state index in [1.165, 1.54) is 5.56 Å². The molecule has 0 N–H and O–H groups in total. The molecule has 2 amide bonds. The standard InChI is InChI=1S/C27H28N4O2/c1-19-23-12-13-24(32)31(17-14-20-8-4-2-5-9-20)26(23)29-25(28-19)22-15-16-30(18-22)27(33)21-10-6-3-7-11-21/h2-11,22H,12-18H2,1H3/t22-/m0/s1. The molecule has 0 unspecified atom stereocenters. The molecular formula is C27H28N4O2.